The van der Waals surface area contributed by atoms with Crippen molar-refractivity contribution in [3.05, 3.63) is 0 Å². The smallest absolute Gasteiger partial charge is 0.224 e. The highest BCUT2D eigenvalue weighted by molar-refractivity contribution is 5.76. The van der Waals surface area contributed by atoms with Crippen LogP contribution in [0.2, 0.25) is 0 Å². The molecule has 1 aliphatic rings. The summed E-state index contributed by atoms with van der Waals surface area (Å²) in [5.74, 6) is 0.121. The number of nitrogens with zero attached hydrogens (tertiary/aromatic N) is 1. The van der Waals surface area contributed by atoms with E-state index in [9.17, 15) is 4.79 Å². The Hall–Kier alpha value is -0.610. The molecule has 1 rings (SSSR count). The summed E-state index contributed by atoms with van der Waals surface area (Å²) in [6.45, 7) is 2.91. The van der Waals surface area contributed by atoms with Crippen LogP contribution >= 0.6 is 0 Å². The Morgan fingerprint density at radius 1 is 1.60 bits per heavy atom. The predicted octanol–water partition coefficient (Wildman–Crippen LogP) is 0.358. The van der Waals surface area contributed by atoms with Crippen LogP contribution in [0.3, 0.4) is 0 Å². The van der Waals surface area contributed by atoms with E-state index < -0.39 is 0 Å². The van der Waals surface area contributed by atoms with Crippen LogP contribution in [0, 0.1) is 0 Å². The van der Waals surface area contributed by atoms with Crippen molar-refractivity contribution in [3.8, 4) is 0 Å². The maximum Gasteiger partial charge on any atom is 0.224 e. The molecule has 1 amide bonds. The van der Waals surface area contributed by atoms with Crippen LogP contribution < -0.4 is 5.32 Å². The minimum atomic E-state index is -0.0823. The SMILES string of the molecule is CC(CO)N(C)C(=O)CC1CCCCN1. The van der Waals surface area contributed by atoms with Crippen molar-refractivity contribution in [1.82, 2.24) is 10.2 Å². The molecule has 0 aromatic carbocycles. The molecule has 1 heterocycles. The second-order valence-corrected chi connectivity index (χ2v) is 4.39. The molecule has 0 spiro atoms. The molecule has 2 atom stereocenters. The van der Waals surface area contributed by atoms with Crippen molar-refractivity contribution in [2.75, 3.05) is 20.2 Å². The van der Waals surface area contributed by atoms with E-state index in [0.29, 0.717) is 12.5 Å². The van der Waals surface area contributed by atoms with E-state index in [-0.39, 0.29) is 18.6 Å². The monoisotopic (exact) mass is 214 g/mol. The van der Waals surface area contributed by atoms with E-state index in [2.05, 4.69) is 5.32 Å². The molecule has 0 aromatic rings. The fourth-order valence-corrected chi connectivity index (χ4v) is 1.82. The predicted molar refractivity (Wildman–Crippen MR) is 59.6 cm³/mol. The zero-order valence-corrected chi connectivity index (χ0v) is 9.70. The fraction of sp³-hybridized carbons (Fsp3) is 0.909. The Morgan fingerprint density at radius 3 is 2.87 bits per heavy atom. The summed E-state index contributed by atoms with van der Waals surface area (Å²) >= 11 is 0. The largest absolute Gasteiger partial charge is 0.394 e. The summed E-state index contributed by atoms with van der Waals surface area (Å²) in [4.78, 5) is 13.4. The first kappa shape index (κ1) is 12.5. The third kappa shape index (κ3) is 3.80. The van der Waals surface area contributed by atoms with E-state index in [4.69, 9.17) is 5.11 Å². The van der Waals surface area contributed by atoms with Gasteiger partial charge in [0.1, 0.15) is 0 Å². The summed E-state index contributed by atoms with van der Waals surface area (Å²) in [5.41, 5.74) is 0. The van der Waals surface area contributed by atoms with Gasteiger partial charge >= 0.3 is 0 Å². The molecule has 2 unspecified atom stereocenters. The number of nitrogens with one attached hydrogen (secondary N) is 1. The van der Waals surface area contributed by atoms with Crippen LogP contribution in [0.1, 0.15) is 32.6 Å². The minimum Gasteiger partial charge on any atom is -0.394 e. The molecule has 15 heavy (non-hydrogen) atoms. The molecule has 1 saturated heterocycles. The average molecular weight is 214 g/mol. The minimum absolute atomic E-state index is 0.0281. The topological polar surface area (TPSA) is 52.6 Å². The van der Waals surface area contributed by atoms with Crippen molar-refractivity contribution >= 4 is 5.91 Å². The first-order chi connectivity index (χ1) is 7.15. The van der Waals surface area contributed by atoms with Gasteiger partial charge in [0.25, 0.3) is 0 Å². The van der Waals surface area contributed by atoms with Gasteiger partial charge in [-0.2, -0.15) is 0 Å². The van der Waals surface area contributed by atoms with Gasteiger partial charge in [0.05, 0.1) is 12.6 Å². The number of likely N-dealkylation sites (N-methyl/N-ethyl adjacent to an activating group) is 1. The summed E-state index contributed by atoms with van der Waals surface area (Å²) in [6.07, 6.45) is 4.08. The van der Waals surface area contributed by atoms with Crippen LogP contribution in [-0.2, 0) is 4.79 Å². The molecule has 88 valence electrons. The number of hydrogen-bond acceptors (Lipinski definition) is 3. The lowest BCUT2D eigenvalue weighted by molar-refractivity contribution is -0.133. The van der Waals surface area contributed by atoms with Crippen LogP contribution in [0.4, 0.5) is 0 Å². The summed E-state index contributed by atoms with van der Waals surface area (Å²) in [5, 5.41) is 12.3. The third-order valence-corrected chi connectivity index (χ3v) is 3.15. The highest BCUT2D eigenvalue weighted by atomic mass is 16.3. The zero-order valence-electron chi connectivity index (χ0n) is 9.70. The number of carbonyl (C=O) groups is 1. The summed E-state index contributed by atoms with van der Waals surface area (Å²) in [6, 6.07) is 0.251. The second kappa shape index (κ2) is 6.08. The zero-order chi connectivity index (χ0) is 11.3. The number of carbonyl (C=O) groups excluding carboxylic acids is 1. The van der Waals surface area contributed by atoms with Crippen molar-refractivity contribution in [2.45, 2.75) is 44.7 Å². The Bertz CT molecular complexity index is 203. The number of hydrogen-bond donors (Lipinski definition) is 2. The molecular weight excluding hydrogens is 192 g/mol. The van der Waals surface area contributed by atoms with Crippen molar-refractivity contribution < 1.29 is 9.90 Å². The van der Waals surface area contributed by atoms with Gasteiger partial charge in [-0.25, -0.2) is 0 Å². The Kier molecular flexibility index (Phi) is 5.05. The average Bonchev–Trinajstić information content (AvgIpc) is 2.28. The number of piperidine rings is 1. The van der Waals surface area contributed by atoms with Gasteiger partial charge in [-0.05, 0) is 26.3 Å². The Balaban J connectivity index is 2.33. The van der Waals surface area contributed by atoms with E-state index in [1.54, 1.807) is 11.9 Å². The van der Waals surface area contributed by atoms with Crippen LogP contribution in [-0.4, -0.2) is 48.2 Å². The van der Waals surface area contributed by atoms with E-state index >= 15 is 0 Å². The summed E-state index contributed by atoms with van der Waals surface area (Å²) in [7, 11) is 1.76. The van der Waals surface area contributed by atoms with Crippen molar-refractivity contribution in [1.29, 1.82) is 0 Å². The highest BCUT2D eigenvalue weighted by Gasteiger charge is 2.20. The van der Waals surface area contributed by atoms with Gasteiger partial charge in [0.2, 0.25) is 5.91 Å². The lowest BCUT2D eigenvalue weighted by Gasteiger charge is -2.28. The second-order valence-electron chi connectivity index (χ2n) is 4.39. The molecule has 2 N–H and O–H groups in total. The van der Waals surface area contributed by atoms with Gasteiger partial charge in [0.15, 0.2) is 0 Å². The molecule has 0 saturated carbocycles. The molecule has 1 fully saturated rings. The van der Waals surface area contributed by atoms with Gasteiger partial charge in [-0.15, -0.1) is 0 Å². The quantitative estimate of drug-likeness (QED) is 0.710. The summed E-state index contributed by atoms with van der Waals surface area (Å²) < 4.78 is 0. The van der Waals surface area contributed by atoms with Crippen LogP contribution in [0.15, 0.2) is 0 Å². The maximum absolute atomic E-state index is 11.8. The molecular formula is C11H22N2O2. The first-order valence-corrected chi connectivity index (χ1v) is 5.75. The van der Waals surface area contributed by atoms with Crippen molar-refractivity contribution in [2.24, 2.45) is 0 Å². The van der Waals surface area contributed by atoms with E-state index in [1.807, 2.05) is 6.92 Å². The standard InChI is InChI=1S/C11H22N2O2/c1-9(8-14)13(2)11(15)7-10-5-3-4-6-12-10/h9-10,12,14H,3-8H2,1-2H3. The van der Waals surface area contributed by atoms with Gasteiger partial charge in [0, 0.05) is 19.5 Å². The fourth-order valence-electron chi connectivity index (χ4n) is 1.82. The van der Waals surface area contributed by atoms with Crippen LogP contribution in [0.5, 0.6) is 0 Å². The Morgan fingerprint density at radius 2 is 2.33 bits per heavy atom. The number of aliphatic hydroxyl groups excluding tert-OH is 1. The lowest BCUT2D eigenvalue weighted by Crippen LogP contribution is -2.43. The van der Waals surface area contributed by atoms with Gasteiger partial charge < -0.3 is 15.3 Å². The van der Waals surface area contributed by atoms with Gasteiger partial charge in [-0.1, -0.05) is 6.42 Å². The molecule has 0 aromatic heterocycles. The van der Waals surface area contributed by atoms with E-state index in [1.165, 1.54) is 12.8 Å². The lowest BCUT2D eigenvalue weighted by atomic mass is 10.0. The maximum atomic E-state index is 11.8. The number of rotatable bonds is 4. The highest BCUT2D eigenvalue weighted by Crippen LogP contribution is 2.11. The van der Waals surface area contributed by atoms with Gasteiger partial charge in [-0.3, -0.25) is 4.79 Å². The third-order valence-electron chi connectivity index (χ3n) is 3.15. The van der Waals surface area contributed by atoms with E-state index in [0.717, 1.165) is 13.0 Å². The number of amides is 1. The molecule has 4 heteroatoms. The molecule has 0 bridgehead atoms. The normalized spacial score (nSPS) is 23.5. The first-order valence-electron chi connectivity index (χ1n) is 5.75. The van der Waals surface area contributed by atoms with Crippen LogP contribution in [0.25, 0.3) is 0 Å². The van der Waals surface area contributed by atoms with Crippen molar-refractivity contribution in [3.63, 3.8) is 0 Å². The number of aliphatic hydroxyl groups is 1. The molecule has 1 aliphatic heterocycles. The molecule has 0 radical (unpaired) electrons. The molecule has 0 aliphatic carbocycles. The Labute approximate surface area is 91.6 Å². The molecule has 4 nitrogen and oxygen atoms in total.